The number of benzene rings is 1. The number of rotatable bonds is 5. The molecule has 0 aliphatic rings. The molecule has 1 N–H and O–H groups in total. The lowest BCUT2D eigenvalue weighted by atomic mass is 10.2. The topological polar surface area (TPSA) is 32.3 Å². The highest BCUT2D eigenvalue weighted by Gasteiger charge is 2.21. The fourth-order valence-corrected chi connectivity index (χ4v) is 2.94. The Kier molecular flexibility index (Phi) is 5.26. The van der Waals surface area contributed by atoms with Crippen LogP contribution in [0.4, 0.5) is 14.5 Å². The van der Waals surface area contributed by atoms with E-state index in [0.717, 1.165) is 12.1 Å². The first-order valence-corrected chi connectivity index (χ1v) is 7.76. The van der Waals surface area contributed by atoms with Gasteiger partial charge < -0.3 is 5.32 Å². The minimum atomic E-state index is -0.780. The summed E-state index contributed by atoms with van der Waals surface area (Å²) in [4.78, 5) is 15.2. The van der Waals surface area contributed by atoms with E-state index in [9.17, 15) is 13.6 Å². The molecular formula is C16H18F2N2OS. The molecule has 0 unspecified atom stereocenters. The fraction of sp³-hybridized carbons (Fsp3) is 0.312. The monoisotopic (exact) mass is 324 g/mol. The van der Waals surface area contributed by atoms with Gasteiger partial charge in [0.25, 0.3) is 0 Å². The second kappa shape index (κ2) is 6.98. The van der Waals surface area contributed by atoms with E-state index < -0.39 is 29.3 Å². The van der Waals surface area contributed by atoms with Crippen molar-refractivity contribution < 1.29 is 13.6 Å². The summed E-state index contributed by atoms with van der Waals surface area (Å²) in [5, 5.41) is 4.32. The SMILES string of the molecule is Cc1ccsc1CN(C)[C@H](C)C(=O)Nc1c(F)cccc1F. The number of carbonyl (C=O) groups excluding carboxylic acids is 1. The Balaban J connectivity index is 2.04. The zero-order valence-corrected chi connectivity index (χ0v) is 13.5. The van der Waals surface area contributed by atoms with Gasteiger partial charge in [-0.2, -0.15) is 0 Å². The first kappa shape index (κ1) is 16.6. The zero-order valence-electron chi connectivity index (χ0n) is 12.7. The predicted molar refractivity (Wildman–Crippen MR) is 85.0 cm³/mol. The van der Waals surface area contributed by atoms with E-state index in [-0.39, 0.29) is 0 Å². The second-order valence-corrected chi connectivity index (χ2v) is 6.20. The summed E-state index contributed by atoms with van der Waals surface area (Å²) in [5.74, 6) is -2.00. The molecule has 0 fully saturated rings. The molecule has 2 rings (SSSR count). The first-order valence-electron chi connectivity index (χ1n) is 6.88. The molecule has 2 aromatic rings. The lowest BCUT2D eigenvalue weighted by molar-refractivity contribution is -0.120. The van der Waals surface area contributed by atoms with Gasteiger partial charge in [-0.3, -0.25) is 9.69 Å². The number of amides is 1. The molecule has 3 nitrogen and oxygen atoms in total. The Bertz CT molecular complexity index is 652. The van der Waals surface area contributed by atoms with Crippen LogP contribution in [0.3, 0.4) is 0 Å². The molecule has 1 aromatic heterocycles. The standard InChI is InChI=1S/C16H18F2N2OS/c1-10-7-8-22-14(10)9-20(3)11(2)16(21)19-15-12(17)5-4-6-13(15)18/h4-8,11H,9H2,1-3H3,(H,19,21)/t11-/m1/s1. The van der Waals surface area contributed by atoms with Gasteiger partial charge in [0, 0.05) is 11.4 Å². The molecule has 1 atom stereocenters. The molecular weight excluding hydrogens is 306 g/mol. The maximum absolute atomic E-state index is 13.6. The van der Waals surface area contributed by atoms with E-state index >= 15 is 0 Å². The van der Waals surface area contributed by atoms with Crippen molar-refractivity contribution in [3.05, 3.63) is 51.7 Å². The van der Waals surface area contributed by atoms with Crippen LogP contribution in [0.5, 0.6) is 0 Å². The first-order chi connectivity index (χ1) is 10.4. The van der Waals surface area contributed by atoms with Gasteiger partial charge in [0.2, 0.25) is 5.91 Å². The average Bonchev–Trinajstić information content (AvgIpc) is 2.87. The van der Waals surface area contributed by atoms with Gasteiger partial charge in [-0.05, 0) is 50.0 Å². The quantitative estimate of drug-likeness (QED) is 0.907. The molecule has 0 aliphatic heterocycles. The number of nitrogens with one attached hydrogen (secondary N) is 1. The number of thiophene rings is 1. The van der Waals surface area contributed by atoms with Gasteiger partial charge in [-0.25, -0.2) is 8.78 Å². The minimum absolute atomic E-state index is 0.403. The Morgan fingerprint density at radius 1 is 1.32 bits per heavy atom. The van der Waals surface area contributed by atoms with Crippen LogP contribution in [0.25, 0.3) is 0 Å². The van der Waals surface area contributed by atoms with Crippen LogP contribution in [0.1, 0.15) is 17.4 Å². The number of hydrogen-bond donors (Lipinski definition) is 1. The molecule has 0 radical (unpaired) electrons. The summed E-state index contributed by atoms with van der Waals surface area (Å²) in [5.41, 5.74) is 0.768. The molecule has 1 amide bonds. The van der Waals surface area contributed by atoms with Crippen molar-refractivity contribution in [3.8, 4) is 0 Å². The summed E-state index contributed by atoms with van der Waals surface area (Å²) in [7, 11) is 1.81. The molecule has 22 heavy (non-hydrogen) atoms. The summed E-state index contributed by atoms with van der Waals surface area (Å²) in [6, 6.07) is 4.99. The predicted octanol–water partition coefficient (Wildman–Crippen LogP) is 3.79. The van der Waals surface area contributed by atoms with Gasteiger partial charge in [0.1, 0.15) is 17.3 Å². The highest BCUT2D eigenvalue weighted by molar-refractivity contribution is 7.10. The van der Waals surface area contributed by atoms with E-state index in [1.54, 1.807) is 25.3 Å². The molecule has 0 saturated heterocycles. The Labute approximate surface area is 132 Å². The third-order valence-electron chi connectivity index (χ3n) is 3.61. The summed E-state index contributed by atoms with van der Waals surface area (Å²) in [6.07, 6.45) is 0. The van der Waals surface area contributed by atoms with Crippen molar-refractivity contribution in [1.29, 1.82) is 0 Å². The van der Waals surface area contributed by atoms with Crippen LogP contribution >= 0.6 is 11.3 Å². The van der Waals surface area contributed by atoms with Crippen molar-refractivity contribution in [3.63, 3.8) is 0 Å². The molecule has 6 heteroatoms. The minimum Gasteiger partial charge on any atom is -0.320 e. The normalized spacial score (nSPS) is 12.5. The van der Waals surface area contributed by atoms with E-state index in [2.05, 4.69) is 5.32 Å². The van der Waals surface area contributed by atoms with Crippen molar-refractivity contribution in [1.82, 2.24) is 4.90 Å². The number of hydrogen-bond acceptors (Lipinski definition) is 3. The van der Waals surface area contributed by atoms with E-state index in [4.69, 9.17) is 0 Å². The lowest BCUT2D eigenvalue weighted by Crippen LogP contribution is -2.39. The smallest absolute Gasteiger partial charge is 0.241 e. The van der Waals surface area contributed by atoms with Crippen LogP contribution in [0.15, 0.2) is 29.6 Å². The number of anilines is 1. The van der Waals surface area contributed by atoms with E-state index in [1.807, 2.05) is 23.3 Å². The number of aryl methyl sites for hydroxylation is 1. The summed E-state index contributed by atoms with van der Waals surface area (Å²) < 4.78 is 27.1. The number of likely N-dealkylation sites (N-methyl/N-ethyl adjacent to an activating group) is 1. The van der Waals surface area contributed by atoms with Crippen LogP contribution < -0.4 is 5.32 Å². The van der Waals surface area contributed by atoms with Gasteiger partial charge in [0.05, 0.1) is 6.04 Å². The van der Waals surface area contributed by atoms with E-state index in [0.29, 0.717) is 6.54 Å². The third kappa shape index (κ3) is 3.69. The Morgan fingerprint density at radius 2 is 1.95 bits per heavy atom. The number of para-hydroxylation sites is 1. The van der Waals surface area contributed by atoms with Gasteiger partial charge in [-0.1, -0.05) is 6.07 Å². The van der Waals surface area contributed by atoms with Crippen LogP contribution in [-0.4, -0.2) is 23.9 Å². The van der Waals surface area contributed by atoms with Gasteiger partial charge in [0.15, 0.2) is 0 Å². The molecule has 0 saturated carbocycles. The second-order valence-electron chi connectivity index (χ2n) is 5.20. The van der Waals surface area contributed by atoms with Crippen LogP contribution in [0.2, 0.25) is 0 Å². The molecule has 0 spiro atoms. The maximum atomic E-state index is 13.6. The largest absolute Gasteiger partial charge is 0.320 e. The molecule has 1 aromatic carbocycles. The molecule has 0 aliphatic carbocycles. The molecule has 1 heterocycles. The Morgan fingerprint density at radius 3 is 2.50 bits per heavy atom. The van der Waals surface area contributed by atoms with Crippen molar-refractivity contribution in [2.45, 2.75) is 26.4 Å². The third-order valence-corrected chi connectivity index (χ3v) is 4.62. The summed E-state index contributed by atoms with van der Waals surface area (Å²) in [6.45, 7) is 4.33. The average molecular weight is 324 g/mol. The lowest BCUT2D eigenvalue weighted by Gasteiger charge is -2.23. The Hall–Kier alpha value is -1.79. The number of nitrogens with zero attached hydrogens (tertiary/aromatic N) is 1. The van der Waals surface area contributed by atoms with Crippen molar-refractivity contribution >= 4 is 22.9 Å². The highest BCUT2D eigenvalue weighted by atomic mass is 32.1. The van der Waals surface area contributed by atoms with Crippen LogP contribution in [0, 0.1) is 18.6 Å². The van der Waals surface area contributed by atoms with Gasteiger partial charge >= 0.3 is 0 Å². The molecule has 118 valence electrons. The maximum Gasteiger partial charge on any atom is 0.241 e. The zero-order chi connectivity index (χ0) is 16.3. The number of halogens is 2. The number of carbonyl (C=O) groups is 1. The summed E-state index contributed by atoms with van der Waals surface area (Å²) >= 11 is 1.62. The van der Waals surface area contributed by atoms with Gasteiger partial charge in [-0.15, -0.1) is 11.3 Å². The van der Waals surface area contributed by atoms with Crippen LogP contribution in [-0.2, 0) is 11.3 Å². The molecule has 0 bridgehead atoms. The fourth-order valence-electron chi connectivity index (χ4n) is 1.97. The van der Waals surface area contributed by atoms with Crippen molar-refractivity contribution in [2.75, 3.05) is 12.4 Å². The van der Waals surface area contributed by atoms with E-state index in [1.165, 1.54) is 16.5 Å². The highest BCUT2D eigenvalue weighted by Crippen LogP contribution is 2.20. The van der Waals surface area contributed by atoms with Crippen molar-refractivity contribution in [2.24, 2.45) is 0 Å².